The standard InChI is InChI=1S/C21H25N5O4S/c1-5-22-21-23-14(2)12-20(25-21)24-15-6-8-16(9-7-15)26-31(27,28)17-10-11-18(29-3)19(13-17)30-4/h6-13,26H,5H2,1-4H3,(H2,22,23,24,25). The highest BCUT2D eigenvalue weighted by Crippen LogP contribution is 2.30. The van der Waals surface area contributed by atoms with E-state index >= 15 is 0 Å². The summed E-state index contributed by atoms with van der Waals surface area (Å²) in [6.07, 6.45) is 0. The molecule has 0 unspecified atom stereocenters. The minimum atomic E-state index is -3.80. The maximum absolute atomic E-state index is 12.7. The zero-order valence-corrected chi connectivity index (χ0v) is 18.6. The lowest BCUT2D eigenvalue weighted by Gasteiger charge is -2.12. The van der Waals surface area contributed by atoms with Crippen molar-refractivity contribution in [3.05, 3.63) is 54.2 Å². The molecule has 0 fully saturated rings. The van der Waals surface area contributed by atoms with E-state index in [1.165, 1.54) is 26.4 Å². The van der Waals surface area contributed by atoms with Crippen LogP contribution in [0.5, 0.6) is 11.5 Å². The van der Waals surface area contributed by atoms with Gasteiger partial charge in [0.15, 0.2) is 11.5 Å². The summed E-state index contributed by atoms with van der Waals surface area (Å²) in [6.45, 7) is 4.58. The second-order valence-corrected chi connectivity index (χ2v) is 8.26. The molecule has 2 aromatic carbocycles. The molecule has 0 spiro atoms. The van der Waals surface area contributed by atoms with E-state index in [0.29, 0.717) is 29.0 Å². The first-order valence-electron chi connectivity index (χ1n) is 9.56. The van der Waals surface area contributed by atoms with Crippen LogP contribution in [-0.4, -0.2) is 39.2 Å². The molecule has 3 aromatic rings. The number of sulfonamides is 1. The molecular weight excluding hydrogens is 418 g/mol. The van der Waals surface area contributed by atoms with E-state index < -0.39 is 10.0 Å². The lowest BCUT2D eigenvalue weighted by Crippen LogP contribution is -2.13. The fourth-order valence-electron chi connectivity index (χ4n) is 2.84. The summed E-state index contributed by atoms with van der Waals surface area (Å²) in [7, 11) is -0.853. The zero-order chi connectivity index (χ0) is 22.4. The number of rotatable bonds is 9. The van der Waals surface area contributed by atoms with Crippen LogP contribution in [0.25, 0.3) is 0 Å². The highest BCUT2D eigenvalue weighted by Gasteiger charge is 2.17. The monoisotopic (exact) mass is 443 g/mol. The molecule has 3 N–H and O–H groups in total. The lowest BCUT2D eigenvalue weighted by atomic mass is 10.3. The predicted octanol–water partition coefficient (Wildman–Crippen LogP) is 3.78. The Kier molecular flexibility index (Phi) is 6.81. The molecule has 164 valence electrons. The topological polar surface area (TPSA) is 114 Å². The number of aryl methyl sites for hydroxylation is 1. The average molecular weight is 444 g/mol. The molecule has 0 radical (unpaired) electrons. The van der Waals surface area contributed by atoms with Gasteiger partial charge in [0.2, 0.25) is 5.95 Å². The lowest BCUT2D eigenvalue weighted by molar-refractivity contribution is 0.354. The molecular formula is C21H25N5O4S. The predicted molar refractivity (Wildman–Crippen MR) is 121 cm³/mol. The second kappa shape index (κ2) is 9.52. The van der Waals surface area contributed by atoms with E-state index in [4.69, 9.17) is 9.47 Å². The Balaban J connectivity index is 1.74. The fraction of sp³-hybridized carbons (Fsp3) is 0.238. The van der Waals surface area contributed by atoms with Crippen molar-refractivity contribution in [3.63, 3.8) is 0 Å². The molecule has 0 saturated carbocycles. The maximum Gasteiger partial charge on any atom is 0.262 e. The third-order valence-corrected chi connectivity index (χ3v) is 5.64. The third kappa shape index (κ3) is 5.54. The number of nitrogens with one attached hydrogen (secondary N) is 3. The smallest absolute Gasteiger partial charge is 0.262 e. The first kappa shape index (κ1) is 22.2. The van der Waals surface area contributed by atoms with E-state index in [1.54, 1.807) is 30.3 Å². The summed E-state index contributed by atoms with van der Waals surface area (Å²) in [5.41, 5.74) is 2.01. The number of aromatic nitrogens is 2. The Labute approximate surface area is 181 Å². The van der Waals surface area contributed by atoms with Crippen molar-refractivity contribution >= 4 is 33.2 Å². The van der Waals surface area contributed by atoms with Gasteiger partial charge in [-0.1, -0.05) is 0 Å². The summed E-state index contributed by atoms with van der Waals surface area (Å²) in [5.74, 6) is 1.97. The van der Waals surface area contributed by atoms with E-state index in [1.807, 2.05) is 19.9 Å². The van der Waals surface area contributed by atoms with Gasteiger partial charge in [-0.2, -0.15) is 4.98 Å². The van der Waals surface area contributed by atoms with Crippen LogP contribution >= 0.6 is 0 Å². The number of methoxy groups -OCH3 is 2. The van der Waals surface area contributed by atoms with E-state index in [9.17, 15) is 8.42 Å². The van der Waals surface area contributed by atoms with Crippen LogP contribution in [-0.2, 0) is 10.0 Å². The van der Waals surface area contributed by atoms with Crippen molar-refractivity contribution in [2.75, 3.05) is 36.1 Å². The van der Waals surface area contributed by atoms with Crippen molar-refractivity contribution < 1.29 is 17.9 Å². The molecule has 0 aliphatic rings. The van der Waals surface area contributed by atoms with Gasteiger partial charge in [-0.25, -0.2) is 13.4 Å². The molecule has 9 nitrogen and oxygen atoms in total. The quantitative estimate of drug-likeness (QED) is 0.458. The Morgan fingerprint density at radius 1 is 0.903 bits per heavy atom. The molecule has 31 heavy (non-hydrogen) atoms. The average Bonchev–Trinajstić information content (AvgIpc) is 2.74. The van der Waals surface area contributed by atoms with E-state index in [0.717, 1.165) is 17.9 Å². The van der Waals surface area contributed by atoms with Crippen molar-refractivity contribution in [3.8, 4) is 11.5 Å². The maximum atomic E-state index is 12.7. The highest BCUT2D eigenvalue weighted by atomic mass is 32.2. The summed E-state index contributed by atoms with van der Waals surface area (Å²) in [6, 6.07) is 13.1. The first-order chi connectivity index (χ1) is 14.8. The van der Waals surface area contributed by atoms with Gasteiger partial charge in [-0.15, -0.1) is 0 Å². The minimum Gasteiger partial charge on any atom is -0.493 e. The summed E-state index contributed by atoms with van der Waals surface area (Å²) < 4.78 is 38.4. The van der Waals surface area contributed by atoms with Crippen molar-refractivity contribution in [1.29, 1.82) is 0 Å². The summed E-state index contributed by atoms with van der Waals surface area (Å²) in [5, 5.41) is 6.28. The van der Waals surface area contributed by atoms with Crippen LogP contribution < -0.4 is 24.8 Å². The largest absolute Gasteiger partial charge is 0.493 e. The molecule has 1 aromatic heterocycles. The fourth-order valence-corrected chi connectivity index (χ4v) is 3.91. The van der Waals surface area contributed by atoms with Crippen LogP contribution in [0, 0.1) is 6.92 Å². The van der Waals surface area contributed by atoms with Gasteiger partial charge in [-0.05, 0) is 50.2 Å². The molecule has 0 saturated heterocycles. The van der Waals surface area contributed by atoms with Crippen LogP contribution in [0.15, 0.2) is 53.4 Å². The SMILES string of the molecule is CCNc1nc(C)cc(Nc2ccc(NS(=O)(=O)c3ccc(OC)c(OC)c3)cc2)n1. The third-order valence-electron chi connectivity index (χ3n) is 4.26. The molecule has 0 bridgehead atoms. The molecule has 0 atom stereocenters. The Hall–Kier alpha value is -3.53. The Morgan fingerprint density at radius 3 is 2.23 bits per heavy atom. The Bertz CT molecular complexity index is 1150. The number of ether oxygens (including phenoxy) is 2. The molecule has 1 heterocycles. The number of hydrogen-bond donors (Lipinski definition) is 3. The number of benzene rings is 2. The first-order valence-corrected chi connectivity index (χ1v) is 11.0. The summed E-state index contributed by atoms with van der Waals surface area (Å²) in [4.78, 5) is 8.79. The number of nitrogens with zero attached hydrogens (tertiary/aromatic N) is 2. The van der Waals surface area contributed by atoms with Crippen LogP contribution in [0.3, 0.4) is 0 Å². The van der Waals surface area contributed by atoms with Crippen molar-refractivity contribution in [2.45, 2.75) is 18.7 Å². The van der Waals surface area contributed by atoms with E-state index in [-0.39, 0.29) is 4.90 Å². The van der Waals surface area contributed by atoms with Gasteiger partial charge in [0.1, 0.15) is 5.82 Å². The van der Waals surface area contributed by atoms with Gasteiger partial charge >= 0.3 is 0 Å². The minimum absolute atomic E-state index is 0.0692. The highest BCUT2D eigenvalue weighted by molar-refractivity contribution is 7.92. The van der Waals surface area contributed by atoms with Crippen LogP contribution in [0.2, 0.25) is 0 Å². The van der Waals surface area contributed by atoms with Crippen molar-refractivity contribution in [2.24, 2.45) is 0 Å². The molecule has 3 rings (SSSR count). The summed E-state index contributed by atoms with van der Waals surface area (Å²) >= 11 is 0. The molecule has 0 aliphatic heterocycles. The second-order valence-electron chi connectivity index (χ2n) is 6.57. The van der Waals surface area contributed by atoms with Crippen molar-refractivity contribution in [1.82, 2.24) is 9.97 Å². The van der Waals surface area contributed by atoms with Gasteiger partial charge in [0.05, 0.1) is 19.1 Å². The van der Waals surface area contributed by atoms with Crippen LogP contribution in [0.4, 0.5) is 23.1 Å². The molecule has 0 amide bonds. The molecule has 10 heteroatoms. The Morgan fingerprint density at radius 2 is 1.58 bits per heavy atom. The number of anilines is 4. The molecule has 0 aliphatic carbocycles. The normalized spacial score (nSPS) is 11.0. The van der Waals surface area contributed by atoms with E-state index in [2.05, 4.69) is 25.3 Å². The number of hydrogen-bond acceptors (Lipinski definition) is 8. The zero-order valence-electron chi connectivity index (χ0n) is 17.8. The van der Waals surface area contributed by atoms with Gasteiger partial charge < -0.3 is 20.1 Å². The van der Waals surface area contributed by atoms with Gasteiger partial charge in [0.25, 0.3) is 10.0 Å². The van der Waals surface area contributed by atoms with Crippen LogP contribution in [0.1, 0.15) is 12.6 Å². The van der Waals surface area contributed by atoms with Gasteiger partial charge in [0, 0.05) is 35.7 Å². The van der Waals surface area contributed by atoms with Gasteiger partial charge in [-0.3, -0.25) is 4.72 Å².